The molecule has 0 aliphatic heterocycles. The number of ether oxygens (including phenoxy) is 2. The number of fused-ring (bicyclic) bond motifs is 2. The number of hydrogen-bond acceptors (Lipinski definition) is 10. The van der Waals surface area contributed by atoms with Gasteiger partial charge in [0.25, 0.3) is 0 Å². The van der Waals surface area contributed by atoms with Crippen LogP contribution in [0.15, 0.2) is 48.7 Å². The second kappa shape index (κ2) is 17.8. The Labute approximate surface area is 312 Å². The Morgan fingerprint density at radius 3 is 1.43 bits per heavy atom. The molecular formula is C34H36F10N10O2. The summed E-state index contributed by atoms with van der Waals surface area (Å²) in [7, 11) is 0. The molecule has 0 fully saturated rings. The molecule has 22 heteroatoms. The van der Waals surface area contributed by atoms with Gasteiger partial charge in [-0.3, -0.25) is 0 Å². The summed E-state index contributed by atoms with van der Waals surface area (Å²) in [6.07, 6.45) is -7.68. The second-order valence-corrected chi connectivity index (χ2v) is 11.2. The number of aryl methyl sites for hydroxylation is 2. The van der Waals surface area contributed by atoms with Crippen LogP contribution in [0, 0.1) is 13.8 Å². The fourth-order valence-electron chi connectivity index (χ4n) is 4.49. The quantitative estimate of drug-likeness (QED) is 0.137. The molecule has 6 rings (SSSR count). The second-order valence-electron chi connectivity index (χ2n) is 11.2. The Morgan fingerprint density at radius 2 is 1.02 bits per heavy atom. The van der Waals surface area contributed by atoms with Crippen molar-refractivity contribution in [2.45, 2.75) is 79.6 Å². The maximum atomic E-state index is 13.6. The predicted octanol–water partition coefficient (Wildman–Crippen LogP) is 9.15. The summed E-state index contributed by atoms with van der Waals surface area (Å²) in [6, 6.07) is 9.99. The van der Waals surface area contributed by atoms with Crippen molar-refractivity contribution in [2.24, 2.45) is 0 Å². The third kappa shape index (κ3) is 11.7. The fraction of sp³-hybridized carbons (Fsp3) is 0.412. The Bertz CT molecular complexity index is 2050. The van der Waals surface area contributed by atoms with Gasteiger partial charge in [0.1, 0.15) is 0 Å². The number of hydrogen-bond donors (Lipinski definition) is 0. The van der Waals surface area contributed by atoms with Crippen LogP contribution in [0.1, 0.15) is 64.4 Å². The van der Waals surface area contributed by atoms with Crippen molar-refractivity contribution in [3.8, 4) is 34.3 Å². The fourth-order valence-corrected chi connectivity index (χ4v) is 4.49. The maximum Gasteiger partial charge on any atom is 0.422 e. The van der Waals surface area contributed by atoms with E-state index in [0.29, 0.717) is 36.2 Å². The highest BCUT2D eigenvalue weighted by Crippen LogP contribution is 2.30. The van der Waals surface area contributed by atoms with Crippen LogP contribution >= 0.6 is 0 Å². The number of nitrogens with zero attached hydrogens (tertiary/aromatic N) is 10. The van der Waals surface area contributed by atoms with E-state index in [-0.39, 0.29) is 34.4 Å². The Kier molecular flexibility index (Phi) is 14.2. The van der Waals surface area contributed by atoms with E-state index in [0.717, 1.165) is 9.03 Å². The van der Waals surface area contributed by atoms with Crippen LogP contribution < -0.4 is 9.47 Å². The summed E-state index contributed by atoms with van der Waals surface area (Å²) >= 11 is 0. The molecule has 0 N–H and O–H groups in total. The Morgan fingerprint density at radius 1 is 0.571 bits per heavy atom. The zero-order valence-corrected chi connectivity index (χ0v) is 31.1. The van der Waals surface area contributed by atoms with Crippen LogP contribution in [0.5, 0.6) is 11.8 Å². The molecule has 6 aromatic rings. The number of alkyl halides is 10. The lowest BCUT2D eigenvalue weighted by Gasteiger charge is -2.11. The minimum absolute atomic E-state index is 0.140. The number of aromatic nitrogens is 10. The molecule has 0 aliphatic rings. The number of rotatable bonds is 8. The third-order valence-corrected chi connectivity index (χ3v) is 6.78. The van der Waals surface area contributed by atoms with Gasteiger partial charge in [0, 0.05) is 43.3 Å². The molecule has 56 heavy (non-hydrogen) atoms. The maximum absolute atomic E-state index is 13.6. The molecule has 0 aliphatic carbocycles. The van der Waals surface area contributed by atoms with Gasteiger partial charge in [0.05, 0.1) is 17.1 Å². The standard InChI is InChI=1S/2C15H12F5N5O.2C2H6/c1-8-9(3-6-12(21-8)26-7-15(18,19)20)10-4-5-11-22-23-13(14(2,16)17)25(11)24-10;1-8-5-12(26-7-15(18,19)20)21-6-9(8)10-3-4-11-22-23-13(14(2,16)17)25(11)24-10;2*1-2/h2*3-6H,7H2,1-2H3;2*1-2H3. The van der Waals surface area contributed by atoms with Crippen molar-refractivity contribution < 1.29 is 53.4 Å². The van der Waals surface area contributed by atoms with Gasteiger partial charge >= 0.3 is 24.2 Å². The summed E-state index contributed by atoms with van der Waals surface area (Å²) in [5.74, 6) is -8.12. The molecule has 0 radical (unpaired) electrons. The molecule has 304 valence electrons. The van der Waals surface area contributed by atoms with Crippen LogP contribution in [0.25, 0.3) is 33.8 Å². The van der Waals surface area contributed by atoms with Crippen molar-refractivity contribution >= 4 is 11.3 Å². The lowest BCUT2D eigenvalue weighted by atomic mass is 10.1. The van der Waals surface area contributed by atoms with Crippen molar-refractivity contribution in [1.82, 2.24) is 49.6 Å². The van der Waals surface area contributed by atoms with Gasteiger partial charge in [-0.05, 0) is 49.7 Å². The smallest absolute Gasteiger partial charge is 0.422 e. The van der Waals surface area contributed by atoms with Crippen molar-refractivity contribution in [3.63, 3.8) is 0 Å². The minimum atomic E-state index is -4.48. The van der Waals surface area contributed by atoms with E-state index in [9.17, 15) is 43.9 Å². The molecule has 0 bridgehead atoms. The zero-order valence-electron chi connectivity index (χ0n) is 31.1. The molecule has 0 saturated heterocycles. The molecule has 0 aromatic carbocycles. The first kappa shape index (κ1) is 44.7. The van der Waals surface area contributed by atoms with Crippen LogP contribution in [-0.2, 0) is 11.8 Å². The largest absolute Gasteiger partial charge is 0.468 e. The van der Waals surface area contributed by atoms with Crippen molar-refractivity contribution in [3.05, 3.63) is 71.6 Å². The average Bonchev–Trinajstić information content (AvgIpc) is 3.76. The SMILES string of the molecule is CC.CC.Cc1cc(OCC(F)(F)F)ncc1-c1ccc2nnc(C(C)(F)F)n2n1.Cc1nc(OCC(F)(F)F)ccc1-c1ccc2nnc(C(C)(F)F)n2n1. The normalized spacial score (nSPS) is 11.9. The van der Waals surface area contributed by atoms with Crippen molar-refractivity contribution in [2.75, 3.05) is 13.2 Å². The lowest BCUT2D eigenvalue weighted by molar-refractivity contribution is -0.154. The zero-order chi connectivity index (χ0) is 42.2. The minimum Gasteiger partial charge on any atom is -0.468 e. The van der Waals surface area contributed by atoms with Crippen LogP contribution in [0.3, 0.4) is 0 Å². The van der Waals surface area contributed by atoms with Gasteiger partial charge in [-0.25, -0.2) is 9.97 Å². The topological polar surface area (TPSA) is 130 Å². The van der Waals surface area contributed by atoms with Gasteiger partial charge in [-0.15, -0.1) is 20.4 Å². The highest BCUT2D eigenvalue weighted by molar-refractivity contribution is 5.64. The number of halogens is 10. The summed E-state index contributed by atoms with van der Waals surface area (Å²) in [5.41, 5.74) is 2.60. The molecule has 0 atom stereocenters. The van der Waals surface area contributed by atoms with E-state index >= 15 is 0 Å². The van der Waals surface area contributed by atoms with Crippen molar-refractivity contribution in [1.29, 1.82) is 0 Å². The first-order chi connectivity index (χ1) is 26.1. The summed E-state index contributed by atoms with van der Waals surface area (Å²) in [4.78, 5) is 7.75. The molecule has 0 saturated carbocycles. The van der Waals surface area contributed by atoms with Gasteiger partial charge in [-0.2, -0.15) is 63.1 Å². The first-order valence-electron chi connectivity index (χ1n) is 16.6. The lowest BCUT2D eigenvalue weighted by Crippen LogP contribution is -2.19. The van der Waals surface area contributed by atoms with E-state index in [2.05, 4.69) is 50.0 Å². The van der Waals surface area contributed by atoms with Gasteiger partial charge in [-0.1, -0.05) is 27.7 Å². The molecule has 6 heterocycles. The summed E-state index contributed by atoms with van der Waals surface area (Å²) < 4.78 is 139. The van der Waals surface area contributed by atoms with E-state index in [4.69, 9.17) is 0 Å². The molecule has 12 nitrogen and oxygen atoms in total. The van der Waals surface area contributed by atoms with E-state index in [1.807, 2.05) is 27.7 Å². The molecular weight excluding hydrogens is 770 g/mol. The van der Waals surface area contributed by atoms with Gasteiger partial charge in [0.2, 0.25) is 23.4 Å². The van der Waals surface area contributed by atoms with Crippen LogP contribution in [0.2, 0.25) is 0 Å². The summed E-state index contributed by atoms with van der Waals surface area (Å²) in [6.45, 7) is 9.60. The number of pyridine rings is 2. The van der Waals surface area contributed by atoms with Gasteiger partial charge in [0.15, 0.2) is 24.5 Å². The molecule has 0 amide bonds. The molecule has 0 spiro atoms. The highest BCUT2D eigenvalue weighted by atomic mass is 19.4. The Hall–Kier alpha value is -5.70. The molecule has 6 aromatic heterocycles. The van der Waals surface area contributed by atoms with Gasteiger partial charge < -0.3 is 9.47 Å². The monoisotopic (exact) mass is 806 g/mol. The molecule has 0 unspecified atom stereocenters. The first-order valence-corrected chi connectivity index (χ1v) is 16.6. The summed E-state index contributed by atoms with van der Waals surface area (Å²) in [5, 5.41) is 22.3. The van der Waals surface area contributed by atoms with Crippen LogP contribution in [0.4, 0.5) is 43.9 Å². The van der Waals surface area contributed by atoms with E-state index in [1.165, 1.54) is 48.7 Å². The highest BCUT2D eigenvalue weighted by Gasteiger charge is 2.33. The van der Waals surface area contributed by atoms with E-state index < -0.39 is 49.1 Å². The third-order valence-electron chi connectivity index (χ3n) is 6.78. The average molecular weight is 807 g/mol. The predicted molar refractivity (Wildman–Crippen MR) is 182 cm³/mol. The Balaban J connectivity index is 0.000000276. The van der Waals surface area contributed by atoms with Crippen LogP contribution in [-0.4, -0.2) is 75.2 Å². The van der Waals surface area contributed by atoms with E-state index in [1.54, 1.807) is 13.8 Å².